The summed E-state index contributed by atoms with van der Waals surface area (Å²) in [5.41, 5.74) is 0.873. The normalized spacial score (nSPS) is 13.5. The van der Waals surface area contributed by atoms with Gasteiger partial charge >= 0.3 is 0 Å². The maximum absolute atomic E-state index is 5.65. The number of nitrogens with zero attached hydrogens (tertiary/aromatic N) is 3. The van der Waals surface area contributed by atoms with Gasteiger partial charge in [0.1, 0.15) is 18.3 Å². The number of para-hydroxylation sites is 1. The maximum Gasteiger partial charge on any atom is 0.143 e. The first-order valence-corrected chi connectivity index (χ1v) is 6.94. The summed E-state index contributed by atoms with van der Waals surface area (Å²) in [5, 5.41) is 0. The summed E-state index contributed by atoms with van der Waals surface area (Å²) in [7, 11) is 0. The Kier molecular flexibility index (Phi) is 4.87. The minimum atomic E-state index is -0.105. The van der Waals surface area contributed by atoms with Crippen LogP contribution in [0.1, 0.15) is 13.8 Å². The van der Waals surface area contributed by atoms with Crippen LogP contribution in [0.4, 0.5) is 5.69 Å². The van der Waals surface area contributed by atoms with Crippen LogP contribution in [-0.2, 0) is 4.74 Å². The van der Waals surface area contributed by atoms with Crippen molar-refractivity contribution in [3.63, 3.8) is 0 Å². The smallest absolute Gasteiger partial charge is 0.143 e. The van der Waals surface area contributed by atoms with E-state index in [-0.39, 0.29) is 6.10 Å². The quantitative estimate of drug-likeness (QED) is 0.637. The van der Waals surface area contributed by atoms with Gasteiger partial charge < -0.3 is 4.74 Å². The number of imidazole rings is 1. The third-order valence-corrected chi connectivity index (χ3v) is 3.31. The van der Waals surface area contributed by atoms with Gasteiger partial charge in [-0.1, -0.05) is 12.1 Å². The number of rotatable bonds is 4. The molecule has 1 unspecified atom stereocenters. The summed E-state index contributed by atoms with van der Waals surface area (Å²) in [5.74, 6) is 0.811. The molecule has 0 aliphatic carbocycles. The van der Waals surface area contributed by atoms with Crippen molar-refractivity contribution in [1.82, 2.24) is 9.55 Å². The zero-order valence-electron chi connectivity index (χ0n) is 11.0. The van der Waals surface area contributed by atoms with Crippen molar-refractivity contribution in [1.29, 1.82) is 0 Å². The maximum atomic E-state index is 5.65. The summed E-state index contributed by atoms with van der Waals surface area (Å²) in [6.45, 7) is 4.60. The van der Waals surface area contributed by atoms with Gasteiger partial charge in [-0.05, 0) is 41.9 Å². The minimum absolute atomic E-state index is 0.105. The van der Waals surface area contributed by atoms with E-state index in [4.69, 9.17) is 4.74 Å². The molecule has 1 heterocycles. The molecule has 0 amide bonds. The van der Waals surface area contributed by atoms with Crippen molar-refractivity contribution in [2.75, 3.05) is 6.61 Å². The van der Waals surface area contributed by atoms with E-state index in [0.29, 0.717) is 6.61 Å². The number of aromatic nitrogens is 2. The van der Waals surface area contributed by atoms with Crippen molar-refractivity contribution in [3.8, 4) is 0 Å². The predicted octanol–water partition coefficient (Wildman–Crippen LogP) is 3.65. The number of ether oxygens (including phenoxy) is 1. The van der Waals surface area contributed by atoms with Gasteiger partial charge in [-0.2, -0.15) is 0 Å². The average molecular weight is 322 g/mol. The molecule has 0 aliphatic rings. The van der Waals surface area contributed by atoms with Crippen LogP contribution in [0, 0.1) is 0 Å². The molecule has 2 aromatic rings. The molecule has 2 rings (SSSR count). The Bertz CT molecular complexity index is 552. The highest BCUT2D eigenvalue weighted by atomic mass is 79.9. The zero-order chi connectivity index (χ0) is 13.7. The molecule has 19 heavy (non-hydrogen) atoms. The fourth-order valence-electron chi connectivity index (χ4n) is 1.74. The van der Waals surface area contributed by atoms with Crippen molar-refractivity contribution in [3.05, 3.63) is 47.5 Å². The first kappa shape index (κ1) is 14.0. The van der Waals surface area contributed by atoms with Gasteiger partial charge in [-0.3, -0.25) is 4.57 Å². The molecule has 1 aromatic carbocycles. The van der Waals surface area contributed by atoms with Gasteiger partial charge in [0.15, 0.2) is 0 Å². The van der Waals surface area contributed by atoms with Gasteiger partial charge in [-0.15, -0.1) is 0 Å². The van der Waals surface area contributed by atoms with E-state index in [1.165, 1.54) is 0 Å². The summed E-state index contributed by atoms with van der Waals surface area (Å²) >= 11 is 3.50. The number of hydrogen-bond acceptors (Lipinski definition) is 3. The lowest BCUT2D eigenvalue weighted by Gasteiger charge is -2.15. The first-order valence-electron chi connectivity index (χ1n) is 6.15. The molecule has 5 heteroatoms. The van der Waals surface area contributed by atoms with Crippen LogP contribution in [0.2, 0.25) is 0 Å². The Hall–Kier alpha value is -1.46. The zero-order valence-corrected chi connectivity index (χ0v) is 12.5. The molecule has 1 aromatic heterocycles. The van der Waals surface area contributed by atoms with E-state index in [1.807, 2.05) is 48.9 Å². The molecule has 0 saturated carbocycles. The van der Waals surface area contributed by atoms with Gasteiger partial charge in [-0.25, -0.2) is 9.98 Å². The fraction of sp³-hybridized carbons (Fsp3) is 0.286. The Morgan fingerprint density at radius 1 is 1.47 bits per heavy atom. The van der Waals surface area contributed by atoms with E-state index < -0.39 is 0 Å². The number of aliphatic imine (C=N–C) groups is 1. The van der Waals surface area contributed by atoms with Crippen LogP contribution < -0.4 is 0 Å². The molecule has 0 radical (unpaired) electrons. The van der Waals surface area contributed by atoms with E-state index in [2.05, 4.69) is 25.9 Å². The number of hydrogen-bond donors (Lipinski definition) is 0. The second-order valence-corrected chi connectivity index (χ2v) is 4.84. The van der Waals surface area contributed by atoms with E-state index in [0.717, 1.165) is 16.0 Å². The van der Waals surface area contributed by atoms with Crippen molar-refractivity contribution in [2.24, 2.45) is 4.99 Å². The number of halogens is 1. The standard InChI is InChI=1S/C14H16BrN3O/c1-3-19-11(2)14(18-9-8-16-10-18)17-13-7-5-4-6-12(13)15/h4-11H,3H2,1-2H3. The average Bonchev–Trinajstić information content (AvgIpc) is 2.91. The molecule has 4 nitrogen and oxygen atoms in total. The van der Waals surface area contributed by atoms with E-state index in [1.54, 1.807) is 12.5 Å². The molecule has 0 spiro atoms. The van der Waals surface area contributed by atoms with Crippen LogP contribution in [-0.4, -0.2) is 28.1 Å². The van der Waals surface area contributed by atoms with Crippen LogP contribution in [0.25, 0.3) is 0 Å². The monoisotopic (exact) mass is 321 g/mol. The van der Waals surface area contributed by atoms with Crippen LogP contribution in [0.5, 0.6) is 0 Å². The van der Waals surface area contributed by atoms with Crippen LogP contribution in [0.3, 0.4) is 0 Å². The second kappa shape index (κ2) is 6.63. The number of benzene rings is 1. The van der Waals surface area contributed by atoms with Gasteiger partial charge in [0, 0.05) is 23.5 Å². The van der Waals surface area contributed by atoms with Crippen LogP contribution >= 0.6 is 15.9 Å². The minimum Gasteiger partial charge on any atom is -0.371 e. The molecular weight excluding hydrogens is 306 g/mol. The summed E-state index contributed by atoms with van der Waals surface area (Å²) in [4.78, 5) is 8.75. The highest BCUT2D eigenvalue weighted by molar-refractivity contribution is 9.10. The van der Waals surface area contributed by atoms with Gasteiger partial charge in [0.2, 0.25) is 0 Å². The van der Waals surface area contributed by atoms with Crippen molar-refractivity contribution in [2.45, 2.75) is 20.0 Å². The van der Waals surface area contributed by atoms with E-state index >= 15 is 0 Å². The molecule has 100 valence electrons. The van der Waals surface area contributed by atoms with E-state index in [9.17, 15) is 0 Å². The van der Waals surface area contributed by atoms with Crippen molar-refractivity contribution < 1.29 is 4.74 Å². The molecule has 0 saturated heterocycles. The second-order valence-electron chi connectivity index (χ2n) is 3.99. The Balaban J connectivity index is 2.40. The van der Waals surface area contributed by atoms with Crippen LogP contribution in [0.15, 0.2) is 52.5 Å². The predicted molar refractivity (Wildman–Crippen MR) is 80.0 cm³/mol. The highest BCUT2D eigenvalue weighted by Gasteiger charge is 2.13. The molecule has 1 atom stereocenters. The largest absolute Gasteiger partial charge is 0.371 e. The fourth-order valence-corrected chi connectivity index (χ4v) is 2.12. The SMILES string of the molecule is CCOC(C)C(=Nc1ccccc1Br)n1ccnc1. The Labute approximate surface area is 121 Å². The summed E-state index contributed by atoms with van der Waals surface area (Å²) < 4.78 is 8.47. The molecule has 0 aliphatic heterocycles. The lowest BCUT2D eigenvalue weighted by atomic mass is 10.3. The molecule has 0 N–H and O–H groups in total. The van der Waals surface area contributed by atoms with Gasteiger partial charge in [0.25, 0.3) is 0 Å². The summed E-state index contributed by atoms with van der Waals surface area (Å²) in [6, 6.07) is 7.85. The highest BCUT2D eigenvalue weighted by Crippen LogP contribution is 2.25. The third-order valence-electron chi connectivity index (χ3n) is 2.64. The van der Waals surface area contributed by atoms with Gasteiger partial charge in [0.05, 0.1) is 5.69 Å². The third kappa shape index (κ3) is 3.52. The lowest BCUT2D eigenvalue weighted by molar-refractivity contribution is 0.120. The Morgan fingerprint density at radius 2 is 2.26 bits per heavy atom. The molecule has 0 bridgehead atoms. The van der Waals surface area contributed by atoms with Crippen molar-refractivity contribution >= 4 is 27.5 Å². The first-order chi connectivity index (χ1) is 9.22. The summed E-state index contributed by atoms with van der Waals surface area (Å²) in [6.07, 6.45) is 5.22. The molecule has 0 fully saturated rings. The Morgan fingerprint density at radius 3 is 2.89 bits per heavy atom. The molecular formula is C14H16BrN3O. The lowest BCUT2D eigenvalue weighted by Crippen LogP contribution is -2.26. The topological polar surface area (TPSA) is 39.4 Å².